The summed E-state index contributed by atoms with van der Waals surface area (Å²) in [5.41, 5.74) is 2.12. The second kappa shape index (κ2) is 7.68. The molecule has 2 aromatic rings. The molecule has 1 aromatic carbocycles. The first-order valence-corrected chi connectivity index (χ1v) is 9.51. The maximum atomic E-state index is 11.9. The standard InChI is InChI=1S/C15H20N2O2S2/c1-13-17-15(12-20-13)9-10-16-21(18,19)11-5-8-14-6-3-2-4-7-14/h2-4,6-7,12,16H,5,8-11H2,1H3. The predicted octanol–water partition coefficient (Wildman–Crippen LogP) is 2.55. The normalized spacial score (nSPS) is 11.7. The Hall–Kier alpha value is -1.24. The second-order valence-electron chi connectivity index (χ2n) is 4.91. The summed E-state index contributed by atoms with van der Waals surface area (Å²) >= 11 is 1.59. The van der Waals surface area contributed by atoms with Gasteiger partial charge in [0.1, 0.15) is 0 Å². The summed E-state index contributed by atoms with van der Waals surface area (Å²) in [4.78, 5) is 4.32. The largest absolute Gasteiger partial charge is 0.247 e. The number of sulfonamides is 1. The van der Waals surface area contributed by atoms with Gasteiger partial charge in [-0.1, -0.05) is 30.3 Å². The third-order valence-corrected chi connectivity index (χ3v) is 5.38. The molecule has 114 valence electrons. The van der Waals surface area contributed by atoms with Crippen LogP contribution in [0, 0.1) is 6.92 Å². The van der Waals surface area contributed by atoms with Gasteiger partial charge in [0.2, 0.25) is 10.0 Å². The first-order valence-electron chi connectivity index (χ1n) is 6.97. The Balaban J connectivity index is 1.69. The summed E-state index contributed by atoms with van der Waals surface area (Å²) in [6.07, 6.45) is 2.06. The van der Waals surface area contributed by atoms with E-state index in [4.69, 9.17) is 0 Å². The lowest BCUT2D eigenvalue weighted by atomic mass is 10.1. The smallest absolute Gasteiger partial charge is 0.211 e. The van der Waals surface area contributed by atoms with Crippen LogP contribution in [0.15, 0.2) is 35.7 Å². The lowest BCUT2D eigenvalue weighted by molar-refractivity contribution is 0.578. The Morgan fingerprint density at radius 2 is 1.95 bits per heavy atom. The van der Waals surface area contributed by atoms with Crippen LogP contribution in [0.2, 0.25) is 0 Å². The molecular formula is C15H20N2O2S2. The fourth-order valence-electron chi connectivity index (χ4n) is 2.04. The zero-order valence-electron chi connectivity index (χ0n) is 12.1. The molecule has 1 N–H and O–H groups in total. The Labute approximate surface area is 130 Å². The van der Waals surface area contributed by atoms with Crippen molar-refractivity contribution in [2.45, 2.75) is 26.2 Å². The Morgan fingerprint density at radius 3 is 2.62 bits per heavy atom. The molecule has 1 aromatic heterocycles. The van der Waals surface area contributed by atoms with E-state index in [1.807, 2.05) is 42.6 Å². The summed E-state index contributed by atoms with van der Waals surface area (Å²) in [6.45, 7) is 2.36. The summed E-state index contributed by atoms with van der Waals surface area (Å²) in [6, 6.07) is 9.94. The minimum atomic E-state index is -3.19. The molecule has 0 saturated carbocycles. The fourth-order valence-corrected chi connectivity index (χ4v) is 3.77. The first kappa shape index (κ1) is 16.1. The average Bonchev–Trinajstić information content (AvgIpc) is 2.85. The number of hydrogen-bond donors (Lipinski definition) is 1. The first-order chi connectivity index (χ1) is 10.1. The van der Waals surface area contributed by atoms with Crippen molar-refractivity contribution in [2.75, 3.05) is 12.3 Å². The highest BCUT2D eigenvalue weighted by Gasteiger charge is 2.09. The molecule has 0 aliphatic heterocycles. The summed E-state index contributed by atoms with van der Waals surface area (Å²) in [7, 11) is -3.19. The lowest BCUT2D eigenvalue weighted by Crippen LogP contribution is -2.28. The van der Waals surface area contributed by atoms with Gasteiger partial charge in [0.25, 0.3) is 0 Å². The number of benzene rings is 1. The Kier molecular flexibility index (Phi) is 5.90. The van der Waals surface area contributed by atoms with Crippen molar-refractivity contribution in [3.8, 4) is 0 Å². The van der Waals surface area contributed by atoms with Gasteiger partial charge >= 0.3 is 0 Å². The molecule has 21 heavy (non-hydrogen) atoms. The van der Waals surface area contributed by atoms with Crippen LogP contribution in [-0.2, 0) is 22.9 Å². The molecule has 4 nitrogen and oxygen atoms in total. The van der Waals surface area contributed by atoms with Crippen LogP contribution in [-0.4, -0.2) is 25.7 Å². The van der Waals surface area contributed by atoms with E-state index in [2.05, 4.69) is 9.71 Å². The van der Waals surface area contributed by atoms with Crippen molar-refractivity contribution in [1.82, 2.24) is 9.71 Å². The number of aromatic nitrogens is 1. The molecule has 1 heterocycles. The summed E-state index contributed by atoms with van der Waals surface area (Å²) < 4.78 is 26.4. The SMILES string of the molecule is Cc1nc(CCNS(=O)(=O)CCCc2ccccc2)cs1. The topological polar surface area (TPSA) is 59.1 Å². The van der Waals surface area contributed by atoms with Crippen molar-refractivity contribution >= 4 is 21.4 Å². The van der Waals surface area contributed by atoms with E-state index in [0.29, 0.717) is 19.4 Å². The highest BCUT2D eigenvalue weighted by atomic mass is 32.2. The quantitative estimate of drug-likeness (QED) is 0.812. The van der Waals surface area contributed by atoms with Gasteiger partial charge in [-0.05, 0) is 25.3 Å². The van der Waals surface area contributed by atoms with E-state index in [9.17, 15) is 8.42 Å². The number of rotatable bonds is 8. The minimum Gasteiger partial charge on any atom is -0.247 e. The van der Waals surface area contributed by atoms with Gasteiger partial charge in [0.05, 0.1) is 16.5 Å². The molecule has 0 spiro atoms. The van der Waals surface area contributed by atoms with Gasteiger partial charge in [-0.25, -0.2) is 18.1 Å². The molecule has 0 bridgehead atoms. The van der Waals surface area contributed by atoms with Crippen LogP contribution < -0.4 is 4.72 Å². The van der Waals surface area contributed by atoms with Crippen LogP contribution in [0.1, 0.15) is 22.7 Å². The van der Waals surface area contributed by atoms with Gasteiger partial charge in [-0.15, -0.1) is 11.3 Å². The minimum absolute atomic E-state index is 0.165. The molecular weight excluding hydrogens is 304 g/mol. The Bertz CT molecular complexity index is 651. The van der Waals surface area contributed by atoms with Crippen LogP contribution in [0.5, 0.6) is 0 Å². The van der Waals surface area contributed by atoms with Gasteiger partial charge < -0.3 is 0 Å². The molecule has 0 saturated heterocycles. The van der Waals surface area contributed by atoms with Crippen molar-refractivity contribution in [1.29, 1.82) is 0 Å². The van der Waals surface area contributed by atoms with E-state index in [1.54, 1.807) is 11.3 Å². The van der Waals surface area contributed by atoms with Crippen LogP contribution >= 0.6 is 11.3 Å². The average molecular weight is 324 g/mol. The molecule has 0 amide bonds. The fraction of sp³-hybridized carbons (Fsp3) is 0.400. The highest BCUT2D eigenvalue weighted by Crippen LogP contribution is 2.08. The molecule has 0 aliphatic carbocycles. The third-order valence-electron chi connectivity index (χ3n) is 3.09. The second-order valence-corrected chi connectivity index (χ2v) is 7.90. The van der Waals surface area contributed by atoms with Crippen molar-refractivity contribution in [3.63, 3.8) is 0 Å². The molecule has 0 aliphatic rings. The van der Waals surface area contributed by atoms with E-state index >= 15 is 0 Å². The number of hydrogen-bond acceptors (Lipinski definition) is 4. The number of aryl methyl sites for hydroxylation is 2. The molecule has 0 radical (unpaired) electrons. The Morgan fingerprint density at radius 1 is 1.19 bits per heavy atom. The summed E-state index contributed by atoms with van der Waals surface area (Å²) in [5, 5.41) is 2.98. The lowest BCUT2D eigenvalue weighted by Gasteiger charge is -2.06. The van der Waals surface area contributed by atoms with Crippen LogP contribution in [0.25, 0.3) is 0 Å². The molecule has 6 heteroatoms. The summed E-state index contributed by atoms with van der Waals surface area (Å²) in [5.74, 6) is 0.165. The molecule has 0 atom stereocenters. The van der Waals surface area contributed by atoms with Gasteiger partial charge in [-0.3, -0.25) is 0 Å². The maximum absolute atomic E-state index is 11.9. The van der Waals surface area contributed by atoms with E-state index in [0.717, 1.165) is 17.1 Å². The number of thiazole rings is 1. The monoisotopic (exact) mass is 324 g/mol. The van der Waals surface area contributed by atoms with Crippen molar-refractivity contribution < 1.29 is 8.42 Å². The zero-order valence-corrected chi connectivity index (χ0v) is 13.7. The van der Waals surface area contributed by atoms with Crippen LogP contribution in [0.3, 0.4) is 0 Å². The molecule has 0 unspecified atom stereocenters. The zero-order chi connectivity index (χ0) is 15.1. The highest BCUT2D eigenvalue weighted by molar-refractivity contribution is 7.89. The molecule has 0 fully saturated rings. The van der Waals surface area contributed by atoms with E-state index in [1.165, 1.54) is 5.56 Å². The van der Waals surface area contributed by atoms with Crippen molar-refractivity contribution in [2.24, 2.45) is 0 Å². The predicted molar refractivity (Wildman–Crippen MR) is 87.1 cm³/mol. The van der Waals surface area contributed by atoms with Crippen LogP contribution in [0.4, 0.5) is 0 Å². The maximum Gasteiger partial charge on any atom is 0.211 e. The van der Waals surface area contributed by atoms with Gasteiger partial charge in [-0.2, -0.15) is 0 Å². The number of nitrogens with zero attached hydrogens (tertiary/aromatic N) is 1. The third kappa shape index (κ3) is 5.95. The number of nitrogens with one attached hydrogen (secondary N) is 1. The van der Waals surface area contributed by atoms with E-state index < -0.39 is 10.0 Å². The van der Waals surface area contributed by atoms with Gasteiger partial charge in [0, 0.05) is 18.3 Å². The molecule has 2 rings (SSSR count). The van der Waals surface area contributed by atoms with Gasteiger partial charge in [0.15, 0.2) is 0 Å². The van der Waals surface area contributed by atoms with Crippen molar-refractivity contribution in [3.05, 3.63) is 52.0 Å². The van der Waals surface area contributed by atoms with E-state index in [-0.39, 0.29) is 5.75 Å².